The largest absolute Gasteiger partial charge is 0.495 e. The molecule has 1 aromatic heterocycles. The Labute approximate surface area is 183 Å². The third-order valence-corrected chi connectivity index (χ3v) is 5.04. The molecule has 3 rings (SSSR count). The van der Waals surface area contributed by atoms with E-state index in [1.807, 2.05) is 30.3 Å². The van der Waals surface area contributed by atoms with Gasteiger partial charge in [0.25, 0.3) is 5.56 Å². The van der Waals surface area contributed by atoms with E-state index in [0.717, 1.165) is 17.3 Å². The van der Waals surface area contributed by atoms with E-state index in [0.29, 0.717) is 23.7 Å². The van der Waals surface area contributed by atoms with Crippen LogP contribution in [0.15, 0.2) is 70.6 Å². The summed E-state index contributed by atoms with van der Waals surface area (Å²) in [6.45, 7) is 0.396. The van der Waals surface area contributed by atoms with Gasteiger partial charge in [0.2, 0.25) is 11.8 Å². The van der Waals surface area contributed by atoms with Crippen molar-refractivity contribution in [3.8, 4) is 5.75 Å². The summed E-state index contributed by atoms with van der Waals surface area (Å²) in [5.41, 5.74) is 1.49. The van der Waals surface area contributed by atoms with Crippen molar-refractivity contribution in [1.82, 2.24) is 15.3 Å². The van der Waals surface area contributed by atoms with Crippen LogP contribution in [0.2, 0.25) is 0 Å². The minimum Gasteiger partial charge on any atom is -0.495 e. The topological polar surface area (TPSA) is 113 Å². The number of carbonyl (C=O) groups is 2. The second kappa shape index (κ2) is 11.0. The highest BCUT2D eigenvalue weighted by molar-refractivity contribution is 7.99. The van der Waals surface area contributed by atoms with Crippen LogP contribution in [0.3, 0.4) is 0 Å². The predicted octanol–water partition coefficient (Wildman–Crippen LogP) is 2.37. The number of benzene rings is 2. The fourth-order valence-corrected chi connectivity index (χ4v) is 3.43. The molecule has 0 atom stereocenters. The maximum Gasteiger partial charge on any atom is 0.251 e. The van der Waals surface area contributed by atoms with Gasteiger partial charge < -0.3 is 20.4 Å². The molecule has 0 aliphatic carbocycles. The van der Waals surface area contributed by atoms with Gasteiger partial charge in [0.05, 0.1) is 30.7 Å². The summed E-state index contributed by atoms with van der Waals surface area (Å²) in [6.07, 6.45) is -0.0300. The van der Waals surface area contributed by atoms with E-state index < -0.39 is 0 Å². The van der Waals surface area contributed by atoms with Crippen LogP contribution >= 0.6 is 11.8 Å². The molecular weight excluding hydrogens is 416 g/mol. The zero-order valence-corrected chi connectivity index (χ0v) is 17.7. The number of para-hydroxylation sites is 2. The number of nitrogens with zero attached hydrogens (tertiary/aromatic N) is 1. The first kappa shape index (κ1) is 22.1. The molecule has 0 radical (unpaired) electrons. The van der Waals surface area contributed by atoms with Gasteiger partial charge in [-0.2, -0.15) is 0 Å². The second-order valence-corrected chi connectivity index (χ2v) is 7.48. The normalized spacial score (nSPS) is 10.4. The SMILES string of the molecule is COc1ccccc1NC(=O)CSc1nc(CC(=O)NCc2ccccc2)cc(=O)[nH]1. The number of carbonyl (C=O) groups excluding carboxylic acids is 2. The van der Waals surface area contributed by atoms with Crippen molar-refractivity contribution in [2.24, 2.45) is 0 Å². The lowest BCUT2D eigenvalue weighted by Crippen LogP contribution is -2.26. The number of ether oxygens (including phenoxy) is 1. The number of nitrogens with one attached hydrogen (secondary N) is 3. The smallest absolute Gasteiger partial charge is 0.251 e. The lowest BCUT2D eigenvalue weighted by atomic mass is 10.2. The molecule has 2 aromatic carbocycles. The van der Waals surface area contributed by atoms with Gasteiger partial charge in [0.1, 0.15) is 5.75 Å². The Morgan fingerprint density at radius 1 is 1.06 bits per heavy atom. The molecule has 8 nitrogen and oxygen atoms in total. The number of amides is 2. The first-order valence-corrected chi connectivity index (χ1v) is 10.5. The molecule has 0 spiro atoms. The Balaban J connectivity index is 1.54. The molecule has 1 heterocycles. The molecule has 160 valence electrons. The molecule has 0 bridgehead atoms. The summed E-state index contributed by atoms with van der Waals surface area (Å²) in [5, 5.41) is 5.83. The van der Waals surface area contributed by atoms with Crippen molar-refractivity contribution in [3.05, 3.63) is 82.3 Å². The minimum atomic E-state index is -0.381. The van der Waals surface area contributed by atoms with Crippen LogP contribution in [0.4, 0.5) is 5.69 Å². The number of aromatic nitrogens is 2. The fraction of sp³-hybridized carbons (Fsp3) is 0.182. The standard InChI is InChI=1S/C22H22N4O4S/c1-30-18-10-6-5-9-17(18)25-21(29)14-31-22-24-16(12-20(28)26-22)11-19(27)23-13-15-7-3-2-4-8-15/h2-10,12H,11,13-14H2,1H3,(H,23,27)(H,25,29)(H,24,26,28). The monoisotopic (exact) mass is 438 g/mol. The van der Waals surface area contributed by atoms with Gasteiger partial charge >= 0.3 is 0 Å². The van der Waals surface area contributed by atoms with Crippen molar-refractivity contribution >= 4 is 29.3 Å². The number of hydrogen-bond donors (Lipinski definition) is 3. The van der Waals surface area contributed by atoms with E-state index in [1.54, 1.807) is 24.3 Å². The zero-order valence-electron chi connectivity index (χ0n) is 16.9. The summed E-state index contributed by atoms with van der Waals surface area (Å²) in [4.78, 5) is 43.2. The third kappa shape index (κ3) is 7.00. The minimum absolute atomic E-state index is 0.0300. The number of aromatic amines is 1. The highest BCUT2D eigenvalue weighted by Gasteiger charge is 2.11. The number of rotatable bonds is 9. The summed E-state index contributed by atoms with van der Waals surface area (Å²) < 4.78 is 5.21. The third-order valence-electron chi connectivity index (χ3n) is 4.17. The quantitative estimate of drug-likeness (QED) is 0.349. The molecule has 0 saturated carbocycles. The van der Waals surface area contributed by atoms with Crippen molar-refractivity contribution in [1.29, 1.82) is 0 Å². The summed E-state index contributed by atoms with van der Waals surface area (Å²) in [7, 11) is 1.52. The molecule has 2 amide bonds. The van der Waals surface area contributed by atoms with Crippen molar-refractivity contribution in [2.45, 2.75) is 18.1 Å². The van der Waals surface area contributed by atoms with E-state index in [2.05, 4.69) is 20.6 Å². The van der Waals surface area contributed by atoms with Gasteiger partial charge in [-0.15, -0.1) is 0 Å². The predicted molar refractivity (Wildman–Crippen MR) is 119 cm³/mol. The number of hydrogen-bond acceptors (Lipinski definition) is 6. The molecule has 3 N–H and O–H groups in total. The van der Waals surface area contributed by atoms with Crippen LogP contribution in [0, 0.1) is 0 Å². The molecule has 9 heteroatoms. The lowest BCUT2D eigenvalue weighted by Gasteiger charge is -2.09. The molecular formula is C22H22N4O4S. The van der Waals surface area contributed by atoms with Gasteiger partial charge in [0.15, 0.2) is 5.16 Å². The summed E-state index contributed by atoms with van der Waals surface area (Å²) in [6, 6.07) is 17.9. The summed E-state index contributed by atoms with van der Waals surface area (Å²) in [5.74, 6) is 0.0656. The number of methoxy groups -OCH3 is 1. The van der Waals surface area contributed by atoms with E-state index in [4.69, 9.17) is 4.74 Å². The van der Waals surface area contributed by atoms with Gasteiger partial charge in [-0.05, 0) is 17.7 Å². The number of anilines is 1. The van der Waals surface area contributed by atoms with Gasteiger partial charge in [-0.25, -0.2) is 4.98 Å². The molecule has 0 fully saturated rings. The van der Waals surface area contributed by atoms with Gasteiger partial charge in [-0.1, -0.05) is 54.2 Å². The van der Waals surface area contributed by atoms with Crippen LogP contribution in [-0.2, 0) is 22.6 Å². The van der Waals surface area contributed by atoms with Crippen molar-refractivity contribution in [3.63, 3.8) is 0 Å². The van der Waals surface area contributed by atoms with Crippen molar-refractivity contribution in [2.75, 3.05) is 18.2 Å². The van der Waals surface area contributed by atoms with Crippen LogP contribution in [-0.4, -0.2) is 34.6 Å². The average Bonchev–Trinajstić information content (AvgIpc) is 2.77. The highest BCUT2D eigenvalue weighted by atomic mass is 32.2. The first-order valence-electron chi connectivity index (χ1n) is 9.50. The van der Waals surface area contributed by atoms with Crippen LogP contribution in [0.5, 0.6) is 5.75 Å². The lowest BCUT2D eigenvalue weighted by molar-refractivity contribution is -0.120. The van der Waals surface area contributed by atoms with Crippen LogP contribution < -0.4 is 20.9 Å². The first-order chi connectivity index (χ1) is 15.0. The Bertz CT molecular complexity index is 1100. The molecule has 0 aliphatic rings. The van der Waals surface area contributed by atoms with Crippen LogP contribution in [0.1, 0.15) is 11.3 Å². The van der Waals surface area contributed by atoms with E-state index in [-0.39, 0.29) is 34.7 Å². The molecule has 0 unspecified atom stereocenters. The van der Waals surface area contributed by atoms with Gasteiger partial charge in [0, 0.05) is 12.6 Å². The molecule has 0 saturated heterocycles. The highest BCUT2D eigenvalue weighted by Crippen LogP contribution is 2.23. The summed E-state index contributed by atoms with van der Waals surface area (Å²) >= 11 is 1.08. The molecule has 0 aliphatic heterocycles. The Morgan fingerprint density at radius 2 is 1.81 bits per heavy atom. The molecule has 3 aromatic rings. The molecule has 31 heavy (non-hydrogen) atoms. The van der Waals surface area contributed by atoms with E-state index in [9.17, 15) is 14.4 Å². The fourth-order valence-electron chi connectivity index (χ4n) is 2.73. The zero-order chi connectivity index (χ0) is 22.1. The maximum absolute atomic E-state index is 12.3. The van der Waals surface area contributed by atoms with E-state index >= 15 is 0 Å². The Kier molecular flexibility index (Phi) is 7.83. The van der Waals surface area contributed by atoms with Crippen molar-refractivity contribution < 1.29 is 14.3 Å². The Morgan fingerprint density at radius 3 is 2.58 bits per heavy atom. The average molecular weight is 439 g/mol. The second-order valence-electron chi connectivity index (χ2n) is 6.52. The Hall–Kier alpha value is -3.59. The van der Waals surface area contributed by atoms with E-state index in [1.165, 1.54) is 13.2 Å². The number of H-pyrrole nitrogens is 1. The number of thioether (sulfide) groups is 1. The van der Waals surface area contributed by atoms with Crippen LogP contribution in [0.25, 0.3) is 0 Å². The maximum atomic E-state index is 12.3. The van der Waals surface area contributed by atoms with Gasteiger partial charge in [-0.3, -0.25) is 14.4 Å².